The Hall–Kier alpha value is -3.74. The minimum Gasteiger partial charge on any atom is -0.494 e. The molecule has 2 aromatic carbocycles. The Morgan fingerprint density at radius 3 is 2.67 bits per heavy atom. The van der Waals surface area contributed by atoms with E-state index in [4.69, 9.17) is 4.74 Å². The van der Waals surface area contributed by atoms with Crippen molar-refractivity contribution in [2.75, 3.05) is 12.4 Å². The van der Waals surface area contributed by atoms with Crippen molar-refractivity contribution in [3.8, 4) is 28.3 Å². The van der Waals surface area contributed by atoms with E-state index in [9.17, 15) is 4.79 Å². The largest absolute Gasteiger partial charge is 0.494 e. The molecule has 4 aromatic rings. The van der Waals surface area contributed by atoms with Gasteiger partial charge >= 0.3 is 0 Å². The van der Waals surface area contributed by atoms with Crippen molar-refractivity contribution in [3.05, 3.63) is 55.0 Å². The van der Waals surface area contributed by atoms with Crippen LogP contribution in [0.3, 0.4) is 0 Å². The van der Waals surface area contributed by atoms with Gasteiger partial charge in [0, 0.05) is 35.8 Å². The molecule has 0 saturated heterocycles. The summed E-state index contributed by atoms with van der Waals surface area (Å²) < 4.78 is 7.11. The maximum Gasteiger partial charge on any atom is 0.211 e. The molecule has 4 rings (SSSR count). The van der Waals surface area contributed by atoms with Crippen LogP contribution in [0, 0.1) is 0 Å². The van der Waals surface area contributed by atoms with E-state index < -0.39 is 0 Å². The molecule has 0 aliphatic rings. The van der Waals surface area contributed by atoms with Gasteiger partial charge in [-0.25, -0.2) is 9.97 Å². The highest BCUT2D eigenvalue weighted by Gasteiger charge is 2.17. The summed E-state index contributed by atoms with van der Waals surface area (Å²) in [6, 6.07) is 13.5. The van der Waals surface area contributed by atoms with Gasteiger partial charge in [0.25, 0.3) is 0 Å². The van der Waals surface area contributed by atoms with Crippen LogP contribution in [0.15, 0.2) is 55.0 Å². The number of hydrogen-bond acceptors (Lipinski definition) is 5. The highest BCUT2D eigenvalue weighted by molar-refractivity contribution is 5.99. The van der Waals surface area contributed by atoms with E-state index in [-0.39, 0.29) is 0 Å². The van der Waals surface area contributed by atoms with Crippen LogP contribution in [0.4, 0.5) is 5.69 Å². The third kappa shape index (κ3) is 2.99. The number of nitrogens with zero attached hydrogens (tertiary/aromatic N) is 4. The number of aryl methyl sites for hydroxylation is 1. The molecule has 2 heterocycles. The summed E-state index contributed by atoms with van der Waals surface area (Å²) in [5.41, 5.74) is 4.73. The number of nitrogens with one attached hydrogen (secondary N) is 1. The predicted octanol–water partition coefficient (Wildman–Crippen LogP) is 3.27. The summed E-state index contributed by atoms with van der Waals surface area (Å²) >= 11 is 0. The molecule has 0 unspecified atom stereocenters. The average Bonchev–Trinajstić information content (AvgIpc) is 3.09. The lowest BCUT2D eigenvalue weighted by Crippen LogP contribution is -1.99. The number of hydrogen-bond donors (Lipinski definition) is 1. The minimum atomic E-state index is 0.536. The van der Waals surface area contributed by atoms with Gasteiger partial charge in [-0.3, -0.25) is 9.48 Å². The van der Waals surface area contributed by atoms with Crippen molar-refractivity contribution in [3.63, 3.8) is 0 Å². The van der Waals surface area contributed by atoms with Gasteiger partial charge in [0.2, 0.25) is 6.41 Å². The van der Waals surface area contributed by atoms with Gasteiger partial charge in [-0.1, -0.05) is 30.3 Å². The lowest BCUT2D eigenvalue weighted by atomic mass is 10.0. The number of rotatable bonds is 5. The minimum absolute atomic E-state index is 0.536. The lowest BCUT2D eigenvalue weighted by molar-refractivity contribution is -0.105. The van der Waals surface area contributed by atoms with Crippen LogP contribution in [-0.2, 0) is 11.8 Å². The highest BCUT2D eigenvalue weighted by Crippen LogP contribution is 2.36. The number of benzene rings is 2. The number of amides is 1. The first-order valence-electron chi connectivity index (χ1n) is 8.33. The average molecular weight is 359 g/mol. The van der Waals surface area contributed by atoms with E-state index >= 15 is 0 Å². The number of anilines is 1. The summed E-state index contributed by atoms with van der Waals surface area (Å²) in [5, 5.41) is 8.08. The topological polar surface area (TPSA) is 81.9 Å². The fourth-order valence-electron chi connectivity index (χ4n) is 3.11. The molecule has 7 nitrogen and oxygen atoms in total. The van der Waals surface area contributed by atoms with E-state index in [0.29, 0.717) is 17.8 Å². The van der Waals surface area contributed by atoms with Crippen LogP contribution in [0.1, 0.15) is 0 Å². The molecule has 1 amide bonds. The Bertz CT molecular complexity index is 1120. The SMILES string of the molecule is COc1cc2ncnc(-c3cn(C)nc3-c3ccccc3)c2cc1NC=O. The van der Waals surface area contributed by atoms with Crippen LogP contribution < -0.4 is 10.1 Å². The zero-order valence-electron chi connectivity index (χ0n) is 14.9. The fraction of sp³-hybridized carbons (Fsp3) is 0.100. The molecule has 1 N–H and O–H groups in total. The Morgan fingerprint density at radius 1 is 1.11 bits per heavy atom. The van der Waals surface area contributed by atoms with Crippen molar-refractivity contribution >= 4 is 23.0 Å². The summed E-state index contributed by atoms with van der Waals surface area (Å²) in [7, 11) is 3.43. The first-order chi connectivity index (χ1) is 13.2. The molecule has 0 aliphatic carbocycles. The third-order valence-electron chi connectivity index (χ3n) is 4.30. The van der Waals surface area contributed by atoms with Crippen LogP contribution in [0.5, 0.6) is 5.75 Å². The fourth-order valence-corrected chi connectivity index (χ4v) is 3.11. The normalized spacial score (nSPS) is 10.7. The second kappa shape index (κ2) is 6.87. The van der Waals surface area contributed by atoms with Crippen molar-refractivity contribution in [2.45, 2.75) is 0 Å². The van der Waals surface area contributed by atoms with Crippen molar-refractivity contribution in [2.24, 2.45) is 7.05 Å². The molecule has 0 fully saturated rings. The van der Waals surface area contributed by atoms with E-state index in [1.54, 1.807) is 17.9 Å². The summed E-state index contributed by atoms with van der Waals surface area (Å²) in [4.78, 5) is 19.8. The van der Waals surface area contributed by atoms with Gasteiger partial charge in [0.05, 0.1) is 24.0 Å². The third-order valence-corrected chi connectivity index (χ3v) is 4.30. The van der Waals surface area contributed by atoms with E-state index in [1.807, 2.05) is 49.6 Å². The zero-order chi connectivity index (χ0) is 18.8. The Labute approximate surface area is 155 Å². The number of methoxy groups -OCH3 is 1. The number of fused-ring (bicyclic) bond motifs is 1. The molecule has 0 saturated carbocycles. The van der Waals surface area contributed by atoms with Crippen molar-refractivity contribution in [1.82, 2.24) is 19.7 Å². The smallest absolute Gasteiger partial charge is 0.211 e. The number of aromatic nitrogens is 4. The summed E-state index contributed by atoms with van der Waals surface area (Å²) in [6.45, 7) is 0. The van der Waals surface area contributed by atoms with Gasteiger partial charge in [0.15, 0.2) is 0 Å². The molecule has 0 radical (unpaired) electrons. The van der Waals surface area contributed by atoms with Crippen LogP contribution in [-0.4, -0.2) is 33.3 Å². The molecule has 0 aliphatic heterocycles. The lowest BCUT2D eigenvalue weighted by Gasteiger charge is -2.11. The molecular weight excluding hydrogens is 342 g/mol. The summed E-state index contributed by atoms with van der Waals surface area (Å²) in [6.07, 6.45) is 4.07. The molecule has 0 bridgehead atoms. The van der Waals surface area contributed by atoms with E-state index in [0.717, 1.165) is 33.4 Å². The van der Waals surface area contributed by atoms with Crippen LogP contribution in [0.25, 0.3) is 33.4 Å². The maximum absolute atomic E-state index is 11.0. The van der Waals surface area contributed by atoms with Crippen LogP contribution in [0.2, 0.25) is 0 Å². The standard InChI is InChI=1S/C20H17N5O2/c1-25-10-15(19(24-25)13-6-4-3-5-7-13)20-14-8-17(23-12-26)18(27-2)9-16(14)21-11-22-20/h3-12H,1-2H3,(H,23,26). The van der Waals surface area contributed by atoms with Gasteiger partial charge in [0.1, 0.15) is 17.8 Å². The van der Waals surface area contributed by atoms with Crippen LogP contribution >= 0.6 is 0 Å². The second-order valence-electron chi connectivity index (χ2n) is 5.99. The number of carbonyl (C=O) groups is 1. The number of carbonyl (C=O) groups excluding carboxylic acids is 1. The summed E-state index contributed by atoms with van der Waals surface area (Å²) in [5.74, 6) is 0.536. The highest BCUT2D eigenvalue weighted by atomic mass is 16.5. The molecule has 0 atom stereocenters. The zero-order valence-corrected chi connectivity index (χ0v) is 14.9. The quantitative estimate of drug-likeness (QED) is 0.553. The van der Waals surface area contributed by atoms with E-state index in [1.165, 1.54) is 6.33 Å². The van der Waals surface area contributed by atoms with Gasteiger partial charge < -0.3 is 10.1 Å². The Balaban J connectivity index is 1.98. The van der Waals surface area contributed by atoms with Gasteiger partial charge in [-0.15, -0.1) is 0 Å². The molecular formula is C20H17N5O2. The molecule has 2 aromatic heterocycles. The van der Waals surface area contributed by atoms with Crippen molar-refractivity contribution < 1.29 is 9.53 Å². The molecule has 7 heteroatoms. The Morgan fingerprint density at radius 2 is 1.93 bits per heavy atom. The molecule has 0 spiro atoms. The second-order valence-corrected chi connectivity index (χ2v) is 5.99. The molecule has 27 heavy (non-hydrogen) atoms. The van der Waals surface area contributed by atoms with E-state index in [2.05, 4.69) is 20.4 Å². The Kier molecular flexibility index (Phi) is 4.25. The first-order valence-corrected chi connectivity index (χ1v) is 8.33. The number of ether oxygens (including phenoxy) is 1. The monoisotopic (exact) mass is 359 g/mol. The van der Waals surface area contributed by atoms with Gasteiger partial charge in [-0.2, -0.15) is 5.10 Å². The van der Waals surface area contributed by atoms with Crippen molar-refractivity contribution in [1.29, 1.82) is 0 Å². The first kappa shape index (κ1) is 16.7. The van der Waals surface area contributed by atoms with Gasteiger partial charge in [-0.05, 0) is 6.07 Å². The molecule has 134 valence electrons. The predicted molar refractivity (Wildman–Crippen MR) is 103 cm³/mol. The maximum atomic E-state index is 11.0.